The number of urea groups is 1. The average molecular weight is 294 g/mol. The minimum absolute atomic E-state index is 0.111. The molecule has 3 rings (SSSR count). The number of amides is 2. The smallest absolute Gasteiger partial charge is 0.321 e. The van der Waals surface area contributed by atoms with E-state index in [9.17, 15) is 4.79 Å². The number of rotatable bonds is 3. The van der Waals surface area contributed by atoms with Crippen LogP contribution in [-0.2, 0) is 0 Å². The van der Waals surface area contributed by atoms with Gasteiger partial charge in [0.2, 0.25) is 0 Å². The van der Waals surface area contributed by atoms with E-state index in [0.29, 0.717) is 18.8 Å². The van der Waals surface area contributed by atoms with Crippen molar-refractivity contribution in [3.8, 4) is 0 Å². The van der Waals surface area contributed by atoms with Crippen LogP contribution in [0.5, 0.6) is 0 Å². The summed E-state index contributed by atoms with van der Waals surface area (Å²) in [7, 11) is 0. The molecule has 0 fully saturated rings. The molecule has 22 heavy (non-hydrogen) atoms. The molecule has 0 aliphatic carbocycles. The highest BCUT2D eigenvalue weighted by molar-refractivity contribution is 6.11. The quantitative estimate of drug-likeness (QED) is 0.750. The average Bonchev–Trinajstić information content (AvgIpc) is 2.56. The SMILES string of the molecule is CCN(CC)C(=O)Nc1cc2cccnc2c2cccnc12. The third-order valence-electron chi connectivity index (χ3n) is 3.75. The summed E-state index contributed by atoms with van der Waals surface area (Å²) in [5.41, 5.74) is 2.37. The number of carbonyl (C=O) groups excluding carboxylic acids is 1. The fourth-order valence-electron chi connectivity index (χ4n) is 2.59. The van der Waals surface area contributed by atoms with Gasteiger partial charge in [-0.05, 0) is 38.1 Å². The molecule has 1 N–H and O–H groups in total. The normalized spacial score (nSPS) is 10.8. The number of anilines is 1. The fraction of sp³-hybridized carbons (Fsp3) is 0.235. The first-order valence-electron chi connectivity index (χ1n) is 7.43. The zero-order valence-electron chi connectivity index (χ0n) is 12.7. The molecule has 0 saturated carbocycles. The molecular weight excluding hydrogens is 276 g/mol. The molecule has 0 aliphatic heterocycles. The number of pyridine rings is 2. The maximum absolute atomic E-state index is 12.3. The molecule has 3 aromatic rings. The van der Waals surface area contributed by atoms with Gasteiger partial charge in [-0.25, -0.2) is 4.79 Å². The minimum atomic E-state index is -0.111. The number of nitrogens with one attached hydrogen (secondary N) is 1. The maximum Gasteiger partial charge on any atom is 0.321 e. The molecule has 1 aromatic carbocycles. The lowest BCUT2D eigenvalue weighted by atomic mass is 10.1. The van der Waals surface area contributed by atoms with Gasteiger partial charge < -0.3 is 10.2 Å². The van der Waals surface area contributed by atoms with Gasteiger partial charge in [-0.2, -0.15) is 0 Å². The van der Waals surface area contributed by atoms with Crippen LogP contribution in [0.2, 0.25) is 0 Å². The summed E-state index contributed by atoms with van der Waals surface area (Å²) in [4.78, 5) is 22.9. The van der Waals surface area contributed by atoms with E-state index in [1.807, 2.05) is 44.2 Å². The first-order valence-corrected chi connectivity index (χ1v) is 7.43. The third kappa shape index (κ3) is 2.45. The number of carbonyl (C=O) groups is 1. The fourth-order valence-corrected chi connectivity index (χ4v) is 2.59. The second kappa shape index (κ2) is 5.97. The summed E-state index contributed by atoms with van der Waals surface area (Å²) in [6, 6.07) is 9.55. The Hall–Kier alpha value is -2.69. The van der Waals surface area contributed by atoms with Crippen molar-refractivity contribution in [1.29, 1.82) is 0 Å². The van der Waals surface area contributed by atoms with Crippen molar-refractivity contribution in [2.45, 2.75) is 13.8 Å². The van der Waals surface area contributed by atoms with Crippen LogP contribution in [0, 0.1) is 0 Å². The number of benzene rings is 1. The number of aromatic nitrogens is 2. The minimum Gasteiger partial charge on any atom is -0.325 e. The summed E-state index contributed by atoms with van der Waals surface area (Å²) >= 11 is 0. The number of nitrogens with zero attached hydrogens (tertiary/aromatic N) is 3. The van der Waals surface area contributed by atoms with Crippen molar-refractivity contribution in [3.63, 3.8) is 0 Å². The van der Waals surface area contributed by atoms with Gasteiger partial charge in [0, 0.05) is 36.3 Å². The molecule has 2 heterocycles. The van der Waals surface area contributed by atoms with Crippen LogP contribution in [0.1, 0.15) is 13.8 Å². The van der Waals surface area contributed by atoms with Crippen molar-refractivity contribution in [2.75, 3.05) is 18.4 Å². The summed E-state index contributed by atoms with van der Waals surface area (Å²) in [5, 5.41) is 4.90. The Morgan fingerprint density at radius 2 is 1.77 bits per heavy atom. The van der Waals surface area contributed by atoms with E-state index in [0.717, 1.165) is 21.8 Å². The molecule has 0 radical (unpaired) electrons. The third-order valence-corrected chi connectivity index (χ3v) is 3.75. The van der Waals surface area contributed by atoms with Crippen LogP contribution in [0.15, 0.2) is 42.7 Å². The zero-order chi connectivity index (χ0) is 15.5. The van der Waals surface area contributed by atoms with E-state index in [2.05, 4.69) is 15.3 Å². The molecule has 5 heteroatoms. The maximum atomic E-state index is 12.3. The van der Waals surface area contributed by atoms with Gasteiger partial charge in [-0.3, -0.25) is 9.97 Å². The van der Waals surface area contributed by atoms with Gasteiger partial charge in [-0.1, -0.05) is 6.07 Å². The Kier molecular flexibility index (Phi) is 3.87. The van der Waals surface area contributed by atoms with E-state index >= 15 is 0 Å². The van der Waals surface area contributed by atoms with Crippen molar-refractivity contribution in [1.82, 2.24) is 14.9 Å². The highest BCUT2D eigenvalue weighted by atomic mass is 16.2. The molecule has 0 atom stereocenters. The predicted molar refractivity (Wildman–Crippen MR) is 89.0 cm³/mol. The predicted octanol–water partition coefficient (Wildman–Crippen LogP) is 3.66. The van der Waals surface area contributed by atoms with E-state index in [1.54, 1.807) is 17.3 Å². The lowest BCUT2D eigenvalue weighted by Crippen LogP contribution is -2.34. The molecule has 112 valence electrons. The van der Waals surface area contributed by atoms with Gasteiger partial charge in [0.1, 0.15) is 0 Å². The van der Waals surface area contributed by atoms with Crippen molar-refractivity contribution < 1.29 is 4.79 Å². The van der Waals surface area contributed by atoms with Gasteiger partial charge in [-0.15, -0.1) is 0 Å². The van der Waals surface area contributed by atoms with Crippen LogP contribution in [0.3, 0.4) is 0 Å². The van der Waals surface area contributed by atoms with Crippen molar-refractivity contribution >= 4 is 33.5 Å². The molecule has 5 nitrogen and oxygen atoms in total. The largest absolute Gasteiger partial charge is 0.325 e. The van der Waals surface area contributed by atoms with E-state index in [4.69, 9.17) is 0 Å². The Balaban J connectivity index is 2.13. The molecule has 2 amide bonds. The van der Waals surface area contributed by atoms with Gasteiger partial charge in [0.15, 0.2) is 0 Å². The second-order valence-corrected chi connectivity index (χ2v) is 5.00. The number of hydrogen-bond acceptors (Lipinski definition) is 3. The van der Waals surface area contributed by atoms with E-state index < -0.39 is 0 Å². The standard InChI is InChI=1S/C17H18N4O/c1-3-21(4-2)17(22)20-14-11-12-7-5-9-18-15(12)13-8-6-10-19-16(13)14/h5-11H,3-4H2,1-2H3,(H,20,22). The van der Waals surface area contributed by atoms with E-state index in [1.165, 1.54) is 0 Å². The van der Waals surface area contributed by atoms with E-state index in [-0.39, 0.29) is 6.03 Å². The summed E-state index contributed by atoms with van der Waals surface area (Å²) < 4.78 is 0. The van der Waals surface area contributed by atoms with Crippen LogP contribution >= 0.6 is 0 Å². The highest BCUT2D eigenvalue weighted by Gasteiger charge is 2.13. The first-order chi connectivity index (χ1) is 10.7. The van der Waals surface area contributed by atoms with Crippen LogP contribution in [0.4, 0.5) is 10.5 Å². The van der Waals surface area contributed by atoms with Crippen molar-refractivity contribution in [3.05, 3.63) is 42.7 Å². The van der Waals surface area contributed by atoms with Gasteiger partial charge in [0.05, 0.1) is 16.7 Å². The zero-order valence-corrected chi connectivity index (χ0v) is 12.7. The Morgan fingerprint density at radius 3 is 2.50 bits per heavy atom. The summed E-state index contributed by atoms with van der Waals surface area (Å²) in [5.74, 6) is 0. The Labute approximate surface area is 129 Å². The Bertz CT molecular complexity index is 827. The molecule has 2 aromatic heterocycles. The Morgan fingerprint density at radius 1 is 1.09 bits per heavy atom. The topological polar surface area (TPSA) is 58.1 Å². The number of fused-ring (bicyclic) bond motifs is 3. The number of hydrogen-bond donors (Lipinski definition) is 1. The molecule has 0 unspecified atom stereocenters. The summed E-state index contributed by atoms with van der Waals surface area (Å²) in [6.07, 6.45) is 3.49. The van der Waals surface area contributed by atoms with Gasteiger partial charge >= 0.3 is 6.03 Å². The molecule has 0 saturated heterocycles. The van der Waals surface area contributed by atoms with Crippen LogP contribution < -0.4 is 5.32 Å². The second-order valence-electron chi connectivity index (χ2n) is 5.00. The lowest BCUT2D eigenvalue weighted by Gasteiger charge is -2.20. The molecule has 0 bridgehead atoms. The van der Waals surface area contributed by atoms with Crippen molar-refractivity contribution in [2.24, 2.45) is 0 Å². The lowest BCUT2D eigenvalue weighted by molar-refractivity contribution is 0.217. The highest BCUT2D eigenvalue weighted by Crippen LogP contribution is 2.29. The monoisotopic (exact) mass is 294 g/mol. The van der Waals surface area contributed by atoms with Crippen LogP contribution in [0.25, 0.3) is 21.8 Å². The van der Waals surface area contributed by atoms with Gasteiger partial charge in [0.25, 0.3) is 0 Å². The summed E-state index contributed by atoms with van der Waals surface area (Å²) in [6.45, 7) is 5.26. The molecular formula is C17H18N4O. The molecule has 0 spiro atoms. The molecule has 0 aliphatic rings. The first kappa shape index (κ1) is 14.3. The van der Waals surface area contributed by atoms with Crippen LogP contribution in [-0.4, -0.2) is 34.0 Å².